The number of benzene rings is 2. The van der Waals surface area contributed by atoms with Gasteiger partial charge in [0, 0.05) is 23.2 Å². The molecule has 1 atom stereocenters. The van der Waals surface area contributed by atoms with Gasteiger partial charge in [-0.3, -0.25) is 19.7 Å². The Balaban J connectivity index is 1.37. The van der Waals surface area contributed by atoms with E-state index in [2.05, 4.69) is 20.8 Å². The van der Waals surface area contributed by atoms with Crippen molar-refractivity contribution in [2.45, 2.75) is 11.7 Å². The fourth-order valence-electron chi connectivity index (χ4n) is 3.06. The Morgan fingerprint density at radius 1 is 1.24 bits per heavy atom. The predicted molar refractivity (Wildman–Crippen MR) is 130 cm³/mol. The number of thioether (sulfide) groups is 1. The minimum absolute atomic E-state index is 0.0183. The molecule has 1 saturated heterocycles. The molecule has 0 saturated carbocycles. The average Bonchev–Trinajstić information content (AvgIpc) is 3.41. The van der Waals surface area contributed by atoms with Crippen LogP contribution in [0.2, 0.25) is 5.02 Å². The number of hydrogen-bond donors (Lipinski definition) is 2. The van der Waals surface area contributed by atoms with Crippen molar-refractivity contribution >= 4 is 57.9 Å². The quantitative estimate of drug-likeness (QED) is 0.280. The Hall–Kier alpha value is -3.96. The highest BCUT2D eigenvalue weighted by Crippen LogP contribution is 2.33. The number of amides is 2. The second-order valence-electron chi connectivity index (χ2n) is 6.98. The Morgan fingerprint density at radius 3 is 2.79 bits per heavy atom. The maximum Gasteiger partial charge on any atom is 0.281 e. The number of anilines is 1. The fraction of sp³-hybridized carbons (Fsp3) is 0.0909. The van der Waals surface area contributed by atoms with Crippen molar-refractivity contribution in [3.63, 3.8) is 0 Å². The molecular formula is C22H16ClN5O5S. The van der Waals surface area contributed by atoms with Gasteiger partial charge in [-0.05, 0) is 36.4 Å². The molecule has 0 radical (unpaired) electrons. The van der Waals surface area contributed by atoms with Gasteiger partial charge in [0.2, 0.25) is 11.8 Å². The third kappa shape index (κ3) is 5.69. The number of furan rings is 1. The number of nitro benzene ring substituents is 1. The van der Waals surface area contributed by atoms with E-state index < -0.39 is 10.2 Å². The highest BCUT2D eigenvalue weighted by atomic mass is 35.5. The van der Waals surface area contributed by atoms with E-state index in [0.717, 1.165) is 11.8 Å². The number of hydrogen-bond acceptors (Lipinski definition) is 8. The van der Waals surface area contributed by atoms with Crippen molar-refractivity contribution in [2.24, 2.45) is 10.2 Å². The molecule has 0 spiro atoms. The number of amidine groups is 1. The standard InChI is InChI=1S/C22H16ClN5O5S/c23-13-6-8-16(17(10-13)28(31)32)18-9-7-15(33-18)12-24-27-22-26-21(30)19(34-22)11-20(29)25-14-4-2-1-3-5-14/h1-10,12,19H,11H2,(H,25,29)(H,26,27,30). The zero-order chi connectivity index (χ0) is 24.1. The molecule has 0 bridgehead atoms. The normalized spacial score (nSPS) is 16.7. The first kappa shape index (κ1) is 23.2. The van der Waals surface area contributed by atoms with E-state index in [4.69, 9.17) is 16.0 Å². The summed E-state index contributed by atoms with van der Waals surface area (Å²) in [4.78, 5) is 35.1. The monoisotopic (exact) mass is 497 g/mol. The molecule has 34 heavy (non-hydrogen) atoms. The highest BCUT2D eigenvalue weighted by Gasteiger charge is 2.32. The Kier molecular flexibility index (Phi) is 7.04. The van der Waals surface area contributed by atoms with Crippen LogP contribution in [0.1, 0.15) is 12.2 Å². The zero-order valence-electron chi connectivity index (χ0n) is 17.3. The molecule has 1 aromatic heterocycles. The minimum atomic E-state index is -0.627. The van der Waals surface area contributed by atoms with Crippen LogP contribution in [0.25, 0.3) is 11.3 Å². The van der Waals surface area contributed by atoms with Crippen molar-refractivity contribution in [2.75, 3.05) is 5.32 Å². The third-order valence-corrected chi connectivity index (χ3v) is 5.89. The molecule has 1 aliphatic rings. The summed E-state index contributed by atoms with van der Waals surface area (Å²) < 4.78 is 5.60. The van der Waals surface area contributed by atoms with Gasteiger partial charge in [-0.2, -0.15) is 5.10 Å². The van der Waals surface area contributed by atoms with Gasteiger partial charge in [-0.25, -0.2) is 0 Å². The molecule has 1 aliphatic heterocycles. The number of para-hydroxylation sites is 1. The maximum absolute atomic E-state index is 12.2. The maximum atomic E-state index is 12.2. The van der Waals surface area contributed by atoms with Gasteiger partial charge >= 0.3 is 0 Å². The molecule has 2 heterocycles. The van der Waals surface area contributed by atoms with E-state index in [1.54, 1.807) is 36.4 Å². The summed E-state index contributed by atoms with van der Waals surface area (Å²) in [6.45, 7) is 0. The summed E-state index contributed by atoms with van der Waals surface area (Å²) >= 11 is 6.94. The molecule has 10 nitrogen and oxygen atoms in total. The molecule has 12 heteroatoms. The SMILES string of the molecule is O=C(CC1S/C(=N\N=Cc2ccc(-c3ccc(Cl)cc3[N+](=O)[O-])o2)NC1=O)Nc1ccccc1. The van der Waals surface area contributed by atoms with Gasteiger partial charge < -0.3 is 15.1 Å². The summed E-state index contributed by atoms with van der Waals surface area (Å²) in [7, 11) is 0. The number of nitro groups is 1. The summed E-state index contributed by atoms with van der Waals surface area (Å²) in [6.07, 6.45) is 1.29. The number of halogens is 1. The van der Waals surface area contributed by atoms with Crippen molar-refractivity contribution in [1.29, 1.82) is 0 Å². The van der Waals surface area contributed by atoms with Crippen LogP contribution < -0.4 is 10.6 Å². The first-order valence-electron chi connectivity index (χ1n) is 9.86. The Bertz CT molecular complexity index is 1310. The number of carbonyl (C=O) groups is 2. The van der Waals surface area contributed by atoms with Gasteiger partial charge in [0.25, 0.3) is 5.69 Å². The van der Waals surface area contributed by atoms with Gasteiger partial charge in [0.1, 0.15) is 16.8 Å². The van der Waals surface area contributed by atoms with Crippen molar-refractivity contribution in [3.8, 4) is 11.3 Å². The lowest BCUT2D eigenvalue weighted by molar-refractivity contribution is -0.384. The second kappa shape index (κ2) is 10.3. The zero-order valence-corrected chi connectivity index (χ0v) is 18.9. The van der Waals surface area contributed by atoms with Gasteiger partial charge in [0.15, 0.2) is 5.17 Å². The van der Waals surface area contributed by atoms with Crippen molar-refractivity contribution in [3.05, 3.63) is 81.6 Å². The van der Waals surface area contributed by atoms with Crippen LogP contribution >= 0.6 is 23.4 Å². The Labute approximate surface area is 202 Å². The topological polar surface area (TPSA) is 139 Å². The van der Waals surface area contributed by atoms with E-state index in [-0.39, 0.29) is 45.4 Å². The molecule has 2 N–H and O–H groups in total. The van der Waals surface area contributed by atoms with Gasteiger partial charge in [0.05, 0.1) is 16.7 Å². The first-order chi connectivity index (χ1) is 16.4. The number of nitrogens with one attached hydrogen (secondary N) is 2. The lowest BCUT2D eigenvalue weighted by Gasteiger charge is -2.06. The lowest BCUT2D eigenvalue weighted by Crippen LogP contribution is -2.28. The van der Waals surface area contributed by atoms with Crippen LogP contribution in [0.3, 0.4) is 0 Å². The van der Waals surface area contributed by atoms with Gasteiger partial charge in [-0.1, -0.05) is 41.6 Å². The predicted octanol–water partition coefficient (Wildman–Crippen LogP) is 4.46. The molecule has 2 amide bonds. The molecular weight excluding hydrogens is 482 g/mol. The third-order valence-electron chi connectivity index (χ3n) is 4.59. The number of nitrogens with zero attached hydrogens (tertiary/aromatic N) is 3. The van der Waals surface area contributed by atoms with E-state index >= 15 is 0 Å². The van der Waals surface area contributed by atoms with Crippen LogP contribution in [-0.4, -0.2) is 33.4 Å². The van der Waals surface area contributed by atoms with Crippen LogP contribution in [0.4, 0.5) is 11.4 Å². The van der Waals surface area contributed by atoms with Crippen molar-refractivity contribution < 1.29 is 18.9 Å². The highest BCUT2D eigenvalue weighted by molar-refractivity contribution is 8.15. The summed E-state index contributed by atoms with van der Waals surface area (Å²) in [5.41, 5.74) is 0.740. The number of carbonyl (C=O) groups excluding carboxylic acids is 2. The fourth-order valence-corrected chi connectivity index (χ4v) is 4.15. The Morgan fingerprint density at radius 2 is 2.03 bits per heavy atom. The molecule has 3 aromatic rings. The second-order valence-corrected chi connectivity index (χ2v) is 8.61. The van der Waals surface area contributed by atoms with Crippen LogP contribution in [0, 0.1) is 10.1 Å². The molecule has 2 aromatic carbocycles. The van der Waals surface area contributed by atoms with E-state index in [9.17, 15) is 19.7 Å². The smallest absolute Gasteiger partial charge is 0.281 e. The first-order valence-corrected chi connectivity index (χ1v) is 11.1. The largest absolute Gasteiger partial charge is 0.455 e. The molecule has 1 fully saturated rings. The van der Waals surface area contributed by atoms with E-state index in [0.29, 0.717) is 11.4 Å². The summed E-state index contributed by atoms with van der Waals surface area (Å²) in [5, 5.41) is 24.3. The lowest BCUT2D eigenvalue weighted by atomic mass is 10.1. The minimum Gasteiger partial charge on any atom is -0.455 e. The average molecular weight is 498 g/mol. The van der Waals surface area contributed by atoms with Crippen LogP contribution in [0.15, 0.2) is 75.3 Å². The van der Waals surface area contributed by atoms with E-state index in [1.807, 2.05) is 6.07 Å². The van der Waals surface area contributed by atoms with Crippen molar-refractivity contribution in [1.82, 2.24) is 5.32 Å². The van der Waals surface area contributed by atoms with E-state index in [1.165, 1.54) is 24.4 Å². The van der Waals surface area contributed by atoms with Crippen LogP contribution in [-0.2, 0) is 9.59 Å². The summed E-state index contributed by atoms with van der Waals surface area (Å²) in [5.74, 6) is -0.0530. The molecule has 0 aliphatic carbocycles. The summed E-state index contributed by atoms with van der Waals surface area (Å²) in [6, 6.07) is 16.4. The molecule has 1 unspecified atom stereocenters. The van der Waals surface area contributed by atoms with Crippen LogP contribution in [0.5, 0.6) is 0 Å². The van der Waals surface area contributed by atoms with Gasteiger partial charge in [-0.15, -0.1) is 5.10 Å². The molecule has 172 valence electrons. The molecule has 4 rings (SSSR count). The number of rotatable bonds is 7.